The van der Waals surface area contributed by atoms with Gasteiger partial charge in [0, 0.05) is 20.0 Å². The number of carbonyl (C=O) groups is 2. The Hall–Kier alpha value is -3.22. The van der Waals surface area contributed by atoms with Gasteiger partial charge in [-0.05, 0) is 36.6 Å². The van der Waals surface area contributed by atoms with Crippen molar-refractivity contribution in [1.82, 2.24) is 4.90 Å². The molecule has 0 saturated carbocycles. The van der Waals surface area contributed by atoms with E-state index in [0.29, 0.717) is 30.2 Å². The van der Waals surface area contributed by atoms with Crippen molar-refractivity contribution in [2.45, 2.75) is 26.3 Å². The number of aryl methyl sites for hydroxylation is 2. The molecule has 0 atom stereocenters. The van der Waals surface area contributed by atoms with E-state index < -0.39 is 5.97 Å². The summed E-state index contributed by atoms with van der Waals surface area (Å²) < 4.78 is 21.1. The highest BCUT2D eigenvalue weighted by Gasteiger charge is 2.16. The van der Waals surface area contributed by atoms with Gasteiger partial charge in [-0.25, -0.2) is 0 Å². The van der Waals surface area contributed by atoms with E-state index in [-0.39, 0.29) is 18.9 Å². The van der Waals surface area contributed by atoms with Crippen molar-refractivity contribution in [3.63, 3.8) is 0 Å². The maximum atomic E-state index is 12.2. The van der Waals surface area contributed by atoms with Gasteiger partial charge >= 0.3 is 5.97 Å². The van der Waals surface area contributed by atoms with Gasteiger partial charge < -0.3 is 23.8 Å². The molecule has 0 unspecified atom stereocenters. The predicted molar refractivity (Wildman–Crippen MR) is 113 cm³/mol. The molecule has 0 aromatic heterocycles. The Morgan fingerprint density at radius 1 is 0.900 bits per heavy atom. The van der Waals surface area contributed by atoms with Crippen LogP contribution in [0, 0.1) is 6.92 Å². The number of amides is 1. The molecule has 0 radical (unpaired) electrons. The highest BCUT2D eigenvalue weighted by Crippen LogP contribution is 2.38. The molecule has 1 amide bonds. The van der Waals surface area contributed by atoms with Crippen LogP contribution in [0.25, 0.3) is 0 Å². The summed E-state index contributed by atoms with van der Waals surface area (Å²) in [6.07, 6.45) is 0.552. The Morgan fingerprint density at radius 3 is 2.03 bits per heavy atom. The van der Waals surface area contributed by atoms with Gasteiger partial charge in [-0.1, -0.05) is 29.8 Å². The van der Waals surface area contributed by atoms with Crippen LogP contribution in [-0.4, -0.2) is 51.8 Å². The third-order valence-corrected chi connectivity index (χ3v) is 4.67. The normalized spacial score (nSPS) is 10.3. The van der Waals surface area contributed by atoms with E-state index in [2.05, 4.69) is 0 Å². The van der Waals surface area contributed by atoms with Crippen LogP contribution >= 0.6 is 0 Å². The summed E-state index contributed by atoms with van der Waals surface area (Å²) in [5.41, 5.74) is 3.02. The Balaban J connectivity index is 1.84. The van der Waals surface area contributed by atoms with E-state index >= 15 is 0 Å². The maximum absolute atomic E-state index is 12.2. The molecule has 0 fully saturated rings. The number of carbonyl (C=O) groups excluding carboxylic acids is 2. The summed E-state index contributed by atoms with van der Waals surface area (Å²) in [4.78, 5) is 25.9. The molecule has 0 spiro atoms. The molecular formula is C23H29NO6. The number of hydrogen-bond donors (Lipinski definition) is 0. The smallest absolute Gasteiger partial charge is 0.306 e. The van der Waals surface area contributed by atoms with E-state index in [4.69, 9.17) is 18.9 Å². The highest BCUT2D eigenvalue weighted by molar-refractivity contribution is 5.80. The minimum atomic E-state index is -0.444. The summed E-state index contributed by atoms with van der Waals surface area (Å²) in [6, 6.07) is 11.5. The first-order chi connectivity index (χ1) is 14.4. The zero-order chi connectivity index (χ0) is 22.1. The molecule has 0 aliphatic rings. The number of benzene rings is 2. The third kappa shape index (κ3) is 6.40. The second-order valence-corrected chi connectivity index (χ2v) is 6.93. The van der Waals surface area contributed by atoms with Gasteiger partial charge in [0.15, 0.2) is 18.1 Å². The number of likely N-dealkylation sites (N-methyl/N-ethyl adjacent to an activating group) is 1. The molecule has 7 nitrogen and oxygen atoms in total. The first kappa shape index (κ1) is 23.1. The largest absolute Gasteiger partial charge is 0.493 e. The fourth-order valence-corrected chi connectivity index (χ4v) is 2.91. The molecule has 0 aliphatic carbocycles. The molecule has 30 heavy (non-hydrogen) atoms. The second kappa shape index (κ2) is 11.1. The molecule has 2 aromatic rings. The molecule has 2 rings (SSSR count). The number of rotatable bonds is 10. The van der Waals surface area contributed by atoms with Crippen molar-refractivity contribution in [2.75, 3.05) is 35.0 Å². The summed E-state index contributed by atoms with van der Waals surface area (Å²) >= 11 is 0. The van der Waals surface area contributed by atoms with Gasteiger partial charge in [-0.15, -0.1) is 0 Å². The number of methoxy groups -OCH3 is 3. The predicted octanol–water partition coefficient (Wildman–Crippen LogP) is 3.16. The standard InChI is InChI=1S/C23H29NO6/c1-16-6-8-17(9-7-16)14-24(2)21(25)15-30-22(26)11-10-18-12-19(27-3)23(29-5)20(13-18)28-4/h6-9,12-13H,10-11,14-15H2,1-5H3. The highest BCUT2D eigenvalue weighted by atomic mass is 16.5. The summed E-state index contributed by atoms with van der Waals surface area (Å²) in [7, 11) is 6.29. The molecule has 162 valence electrons. The number of ether oxygens (including phenoxy) is 4. The summed E-state index contributed by atoms with van der Waals surface area (Å²) in [5.74, 6) is 0.840. The zero-order valence-electron chi connectivity index (χ0n) is 18.2. The van der Waals surface area contributed by atoms with E-state index in [0.717, 1.165) is 16.7 Å². The van der Waals surface area contributed by atoms with E-state index in [1.54, 1.807) is 19.2 Å². The lowest BCUT2D eigenvalue weighted by molar-refractivity contribution is -0.151. The lowest BCUT2D eigenvalue weighted by Crippen LogP contribution is -2.30. The van der Waals surface area contributed by atoms with Crippen LogP contribution in [0.2, 0.25) is 0 Å². The Labute approximate surface area is 177 Å². The molecule has 2 aromatic carbocycles. The SMILES string of the molecule is COc1cc(CCC(=O)OCC(=O)N(C)Cc2ccc(C)cc2)cc(OC)c1OC. The molecule has 7 heteroatoms. The summed E-state index contributed by atoms with van der Waals surface area (Å²) in [6.45, 7) is 2.19. The van der Waals surface area contributed by atoms with Crippen LogP contribution in [0.1, 0.15) is 23.1 Å². The average molecular weight is 415 g/mol. The van der Waals surface area contributed by atoms with Gasteiger partial charge in [-0.2, -0.15) is 0 Å². The Kier molecular flexibility index (Phi) is 8.53. The van der Waals surface area contributed by atoms with Crippen molar-refractivity contribution < 1.29 is 28.5 Å². The van der Waals surface area contributed by atoms with Crippen molar-refractivity contribution in [2.24, 2.45) is 0 Å². The van der Waals surface area contributed by atoms with Crippen LogP contribution in [0.15, 0.2) is 36.4 Å². The number of nitrogens with zero attached hydrogens (tertiary/aromatic N) is 1. The first-order valence-corrected chi connectivity index (χ1v) is 9.62. The van der Waals surface area contributed by atoms with Crippen molar-refractivity contribution in [1.29, 1.82) is 0 Å². The molecule has 0 aliphatic heterocycles. The van der Waals surface area contributed by atoms with E-state index in [1.165, 1.54) is 26.2 Å². The lowest BCUT2D eigenvalue weighted by atomic mass is 10.1. The molecule has 0 bridgehead atoms. The topological polar surface area (TPSA) is 74.3 Å². The first-order valence-electron chi connectivity index (χ1n) is 9.62. The van der Waals surface area contributed by atoms with Gasteiger partial charge in [0.1, 0.15) is 0 Å². The van der Waals surface area contributed by atoms with Crippen LogP contribution in [-0.2, 0) is 27.3 Å². The molecule has 0 heterocycles. The number of hydrogen-bond acceptors (Lipinski definition) is 6. The zero-order valence-corrected chi connectivity index (χ0v) is 18.2. The number of esters is 1. The van der Waals surface area contributed by atoms with Gasteiger partial charge in [0.05, 0.1) is 21.3 Å². The van der Waals surface area contributed by atoms with Crippen LogP contribution in [0.4, 0.5) is 0 Å². The van der Waals surface area contributed by atoms with Crippen LogP contribution < -0.4 is 14.2 Å². The Morgan fingerprint density at radius 2 is 1.50 bits per heavy atom. The fraction of sp³-hybridized carbons (Fsp3) is 0.391. The third-order valence-electron chi connectivity index (χ3n) is 4.67. The van der Waals surface area contributed by atoms with Crippen molar-refractivity contribution in [3.8, 4) is 17.2 Å². The minimum Gasteiger partial charge on any atom is -0.493 e. The monoisotopic (exact) mass is 415 g/mol. The molecule has 0 N–H and O–H groups in total. The lowest BCUT2D eigenvalue weighted by Gasteiger charge is -2.17. The summed E-state index contributed by atoms with van der Waals surface area (Å²) in [5, 5.41) is 0. The van der Waals surface area contributed by atoms with Gasteiger partial charge in [-0.3, -0.25) is 9.59 Å². The van der Waals surface area contributed by atoms with Crippen LogP contribution in [0.3, 0.4) is 0 Å². The second-order valence-electron chi connectivity index (χ2n) is 6.93. The van der Waals surface area contributed by atoms with Gasteiger partial charge in [0.25, 0.3) is 5.91 Å². The van der Waals surface area contributed by atoms with Gasteiger partial charge in [0.2, 0.25) is 5.75 Å². The molecular weight excluding hydrogens is 386 g/mol. The fourth-order valence-electron chi connectivity index (χ4n) is 2.91. The maximum Gasteiger partial charge on any atom is 0.306 e. The van der Waals surface area contributed by atoms with Crippen LogP contribution in [0.5, 0.6) is 17.2 Å². The van der Waals surface area contributed by atoms with Crippen molar-refractivity contribution >= 4 is 11.9 Å². The molecule has 0 saturated heterocycles. The average Bonchev–Trinajstić information content (AvgIpc) is 2.76. The van der Waals surface area contributed by atoms with E-state index in [9.17, 15) is 9.59 Å². The van der Waals surface area contributed by atoms with Crippen molar-refractivity contribution in [3.05, 3.63) is 53.1 Å². The quantitative estimate of drug-likeness (QED) is 0.555. The Bertz CT molecular complexity index is 837. The van der Waals surface area contributed by atoms with E-state index in [1.807, 2.05) is 31.2 Å². The minimum absolute atomic E-state index is 0.133.